The summed E-state index contributed by atoms with van der Waals surface area (Å²) in [4.78, 5) is 23.9. The molecule has 1 heterocycles. The zero-order valence-electron chi connectivity index (χ0n) is 15.9. The number of benzene rings is 1. The third-order valence-electron chi connectivity index (χ3n) is 4.93. The minimum Gasteiger partial charge on any atom is -0.545 e. The van der Waals surface area contributed by atoms with Crippen LogP contribution >= 0.6 is 0 Å². The van der Waals surface area contributed by atoms with Gasteiger partial charge in [-0.15, -0.1) is 0 Å². The van der Waals surface area contributed by atoms with Crippen LogP contribution in [0.5, 0.6) is 0 Å². The second kappa shape index (κ2) is 9.78. The highest BCUT2D eigenvalue weighted by atomic mass is 19.3. The number of alkyl halides is 2. The number of rotatable bonds is 10. The summed E-state index contributed by atoms with van der Waals surface area (Å²) in [6.45, 7) is 2.14. The van der Waals surface area contributed by atoms with Crippen LogP contribution in [-0.4, -0.2) is 46.5 Å². The summed E-state index contributed by atoms with van der Waals surface area (Å²) < 4.78 is 27.8. The number of amides is 1. The molecule has 1 fully saturated rings. The molecular formula is C21H26F2NO4-. The summed E-state index contributed by atoms with van der Waals surface area (Å²) in [7, 11) is 0. The monoisotopic (exact) mass is 394 g/mol. The number of hydrogen-bond acceptors (Lipinski definition) is 4. The third kappa shape index (κ3) is 5.86. The van der Waals surface area contributed by atoms with Gasteiger partial charge in [-0.2, -0.15) is 8.78 Å². The van der Waals surface area contributed by atoms with Crippen molar-refractivity contribution in [1.82, 2.24) is 4.90 Å². The van der Waals surface area contributed by atoms with Crippen LogP contribution in [0.15, 0.2) is 36.4 Å². The number of carbonyl (C=O) groups is 2. The van der Waals surface area contributed by atoms with Crippen molar-refractivity contribution in [1.29, 1.82) is 0 Å². The Morgan fingerprint density at radius 3 is 2.64 bits per heavy atom. The smallest absolute Gasteiger partial charge is 0.327 e. The summed E-state index contributed by atoms with van der Waals surface area (Å²) in [6.07, 6.45) is 5.43. The second-order valence-electron chi connectivity index (χ2n) is 7.16. The molecule has 1 aliphatic heterocycles. The Bertz CT molecular complexity index is 703. The van der Waals surface area contributed by atoms with E-state index in [-0.39, 0.29) is 12.1 Å². The lowest BCUT2D eigenvalue weighted by Gasteiger charge is -2.22. The zero-order valence-corrected chi connectivity index (χ0v) is 15.9. The third-order valence-corrected chi connectivity index (χ3v) is 4.93. The van der Waals surface area contributed by atoms with Crippen molar-refractivity contribution in [2.24, 2.45) is 0 Å². The molecule has 1 aliphatic rings. The van der Waals surface area contributed by atoms with E-state index in [1.165, 1.54) is 24.3 Å². The number of carboxylic acid groups (broad SMARTS) is 1. The van der Waals surface area contributed by atoms with Gasteiger partial charge in [0.1, 0.15) is 0 Å². The van der Waals surface area contributed by atoms with E-state index in [4.69, 9.17) is 0 Å². The molecule has 0 saturated carbocycles. The van der Waals surface area contributed by atoms with Crippen LogP contribution in [0.1, 0.15) is 54.9 Å². The van der Waals surface area contributed by atoms with E-state index in [0.29, 0.717) is 12.8 Å². The van der Waals surface area contributed by atoms with E-state index in [1.807, 2.05) is 0 Å². The van der Waals surface area contributed by atoms with Crippen LogP contribution in [0, 0.1) is 0 Å². The minimum atomic E-state index is -3.42. The van der Waals surface area contributed by atoms with Gasteiger partial charge in [-0.25, -0.2) is 0 Å². The van der Waals surface area contributed by atoms with Crippen molar-refractivity contribution in [3.8, 4) is 0 Å². The molecule has 7 heteroatoms. The number of likely N-dealkylation sites (tertiary alicyclic amines) is 1. The Labute approximate surface area is 163 Å². The van der Waals surface area contributed by atoms with Gasteiger partial charge < -0.3 is 19.9 Å². The van der Waals surface area contributed by atoms with Crippen LogP contribution in [0.25, 0.3) is 0 Å². The van der Waals surface area contributed by atoms with Crippen molar-refractivity contribution in [2.75, 3.05) is 6.54 Å². The van der Waals surface area contributed by atoms with Crippen LogP contribution < -0.4 is 5.11 Å². The maximum atomic E-state index is 13.9. The SMILES string of the molecule is CCCCC[C@H](O)/C=C/[C@H]1CC(F)(F)C(=O)N1CCc1ccc(C(=O)[O-])cc1. The molecule has 1 aromatic rings. The Morgan fingerprint density at radius 1 is 1.36 bits per heavy atom. The normalized spacial score (nSPS) is 20.1. The number of hydrogen-bond donors (Lipinski definition) is 1. The van der Waals surface area contributed by atoms with Gasteiger partial charge in [0.25, 0.3) is 5.91 Å². The van der Waals surface area contributed by atoms with Gasteiger partial charge in [0.05, 0.1) is 18.1 Å². The minimum absolute atomic E-state index is 0.0328. The summed E-state index contributed by atoms with van der Waals surface area (Å²) in [5.74, 6) is -5.92. The Hall–Kier alpha value is -2.28. The van der Waals surface area contributed by atoms with Crippen molar-refractivity contribution in [2.45, 2.75) is 63.5 Å². The first-order valence-corrected chi connectivity index (χ1v) is 9.60. The van der Waals surface area contributed by atoms with E-state index >= 15 is 0 Å². The number of aliphatic hydroxyl groups is 1. The number of halogens is 2. The molecule has 0 bridgehead atoms. The van der Waals surface area contributed by atoms with E-state index in [9.17, 15) is 28.6 Å². The lowest BCUT2D eigenvalue weighted by Crippen LogP contribution is -2.37. The first-order chi connectivity index (χ1) is 13.2. The molecule has 5 nitrogen and oxygen atoms in total. The lowest BCUT2D eigenvalue weighted by atomic mass is 10.1. The highest BCUT2D eigenvalue weighted by molar-refractivity contribution is 5.86. The lowest BCUT2D eigenvalue weighted by molar-refractivity contribution is -0.255. The molecule has 1 amide bonds. The Morgan fingerprint density at radius 2 is 2.04 bits per heavy atom. The molecule has 154 valence electrons. The number of aromatic carboxylic acids is 1. The summed E-state index contributed by atoms with van der Waals surface area (Å²) in [5, 5.41) is 20.7. The first kappa shape index (κ1) is 22.0. The number of nitrogens with zero attached hydrogens (tertiary/aromatic N) is 1. The number of carbonyl (C=O) groups excluding carboxylic acids is 2. The van der Waals surface area contributed by atoms with Crippen LogP contribution in [-0.2, 0) is 11.2 Å². The highest BCUT2D eigenvalue weighted by Crippen LogP contribution is 2.34. The van der Waals surface area contributed by atoms with Gasteiger partial charge in [-0.05, 0) is 24.0 Å². The summed E-state index contributed by atoms with van der Waals surface area (Å²) >= 11 is 0. The van der Waals surface area contributed by atoms with Gasteiger partial charge in [0.15, 0.2) is 0 Å². The zero-order chi connectivity index (χ0) is 20.7. The van der Waals surface area contributed by atoms with Crippen LogP contribution in [0.3, 0.4) is 0 Å². The highest BCUT2D eigenvalue weighted by Gasteiger charge is 2.52. The fraction of sp³-hybridized carbons (Fsp3) is 0.524. The fourth-order valence-electron chi connectivity index (χ4n) is 3.27. The average molecular weight is 394 g/mol. The average Bonchev–Trinajstić information content (AvgIpc) is 2.87. The molecule has 1 saturated heterocycles. The van der Waals surface area contributed by atoms with Gasteiger partial charge in [-0.3, -0.25) is 4.79 Å². The molecule has 0 spiro atoms. The van der Waals surface area contributed by atoms with Gasteiger partial charge in [-0.1, -0.05) is 62.6 Å². The molecule has 0 radical (unpaired) electrons. The topological polar surface area (TPSA) is 80.7 Å². The molecular weight excluding hydrogens is 368 g/mol. The van der Waals surface area contributed by atoms with Crippen LogP contribution in [0.4, 0.5) is 8.78 Å². The fourth-order valence-corrected chi connectivity index (χ4v) is 3.27. The van der Waals surface area contributed by atoms with Crippen molar-refractivity contribution < 1.29 is 28.6 Å². The number of aliphatic hydroxyl groups excluding tert-OH is 1. The number of carboxylic acids is 1. The molecule has 2 rings (SSSR count). The molecule has 28 heavy (non-hydrogen) atoms. The van der Waals surface area contributed by atoms with E-state index in [2.05, 4.69) is 6.92 Å². The predicted octanol–water partition coefficient (Wildman–Crippen LogP) is 2.33. The quantitative estimate of drug-likeness (QED) is 0.488. The van der Waals surface area contributed by atoms with E-state index in [0.717, 1.165) is 29.7 Å². The first-order valence-electron chi connectivity index (χ1n) is 9.60. The van der Waals surface area contributed by atoms with E-state index in [1.54, 1.807) is 12.1 Å². The second-order valence-corrected chi connectivity index (χ2v) is 7.16. The van der Waals surface area contributed by atoms with Crippen molar-refractivity contribution >= 4 is 11.9 Å². The molecule has 0 unspecified atom stereocenters. The predicted molar refractivity (Wildman–Crippen MR) is 98.8 cm³/mol. The molecule has 0 aromatic heterocycles. The van der Waals surface area contributed by atoms with Gasteiger partial charge >= 0.3 is 5.92 Å². The molecule has 1 aromatic carbocycles. The summed E-state index contributed by atoms with van der Waals surface area (Å²) in [6, 6.07) is 5.15. The van der Waals surface area contributed by atoms with Crippen LogP contribution in [0.2, 0.25) is 0 Å². The standard InChI is InChI=1S/C21H27F2NO4/c1-2-3-4-5-18(25)11-10-17-14-21(22,23)20(28)24(17)13-12-15-6-8-16(9-7-15)19(26)27/h6-11,17-18,25H,2-5,12-14H2,1H3,(H,26,27)/p-1/b11-10+/t17-,18-/m0/s1. The maximum Gasteiger partial charge on any atom is 0.327 e. The molecule has 1 N–H and O–H groups in total. The van der Waals surface area contributed by atoms with Crippen molar-refractivity contribution in [3.05, 3.63) is 47.5 Å². The van der Waals surface area contributed by atoms with Gasteiger partial charge in [0, 0.05) is 13.0 Å². The molecule has 2 atom stereocenters. The van der Waals surface area contributed by atoms with Gasteiger partial charge in [0.2, 0.25) is 0 Å². The number of unbranched alkanes of at least 4 members (excludes halogenated alkanes) is 2. The Kier molecular flexibility index (Phi) is 7.69. The maximum absolute atomic E-state index is 13.9. The van der Waals surface area contributed by atoms with Crippen molar-refractivity contribution in [3.63, 3.8) is 0 Å². The Balaban J connectivity index is 2.00. The molecule has 0 aliphatic carbocycles. The van der Waals surface area contributed by atoms with E-state index < -0.39 is 36.4 Å². The largest absolute Gasteiger partial charge is 0.545 e. The summed E-state index contributed by atoms with van der Waals surface area (Å²) in [5.41, 5.74) is 0.765.